The number of piperidine rings is 1. The van der Waals surface area contributed by atoms with Crippen molar-refractivity contribution in [1.29, 1.82) is 0 Å². The maximum atomic E-state index is 3.78. The molecule has 3 aromatic rings. The monoisotopic (exact) mass is 299 g/mol. The minimum Gasteiger partial charge on any atom is -0.368 e. The van der Waals surface area contributed by atoms with Gasteiger partial charge in [0.25, 0.3) is 0 Å². The minimum atomic E-state index is 1.25. The summed E-state index contributed by atoms with van der Waals surface area (Å²) in [5.74, 6) is 0. The lowest BCUT2D eigenvalue weighted by Crippen LogP contribution is -2.21. The molecule has 1 aliphatic heterocycles. The van der Waals surface area contributed by atoms with Gasteiger partial charge in [-0.15, -0.1) is 0 Å². The second-order valence-corrected chi connectivity index (χ2v) is 4.48. The Morgan fingerprint density at radius 2 is 1.32 bits per heavy atom. The number of nitrogens with one attached hydrogen (secondary N) is 3. The second-order valence-electron chi connectivity index (χ2n) is 4.48. The number of H-pyrrole nitrogens is 2. The molecule has 0 radical (unpaired) electrons. The summed E-state index contributed by atoms with van der Waals surface area (Å²) >= 11 is 0. The van der Waals surface area contributed by atoms with Gasteiger partial charge in [-0.25, -0.2) is 4.98 Å². The van der Waals surface area contributed by atoms with Crippen LogP contribution in [-0.2, 0) is 0 Å². The van der Waals surface area contributed by atoms with Crippen molar-refractivity contribution < 1.29 is 0 Å². The van der Waals surface area contributed by atoms with Gasteiger partial charge in [0, 0.05) is 37.2 Å². The zero-order chi connectivity index (χ0) is 15.6. The van der Waals surface area contributed by atoms with Crippen molar-refractivity contribution in [3.05, 3.63) is 73.8 Å². The Kier molecular flexibility index (Phi) is 12.0. The van der Waals surface area contributed by atoms with Crippen LogP contribution in [0.3, 0.4) is 0 Å². The van der Waals surface area contributed by atoms with Gasteiger partial charge in [0.15, 0.2) is 0 Å². The molecule has 118 valence electrons. The van der Waals surface area contributed by atoms with E-state index in [0.717, 1.165) is 0 Å². The number of hydrogen-bond acceptors (Lipinski definition) is 3. The van der Waals surface area contributed by atoms with Crippen molar-refractivity contribution in [2.24, 2.45) is 0 Å². The third-order valence-corrected chi connectivity index (χ3v) is 2.68. The van der Waals surface area contributed by atoms with E-state index in [2.05, 4.69) is 25.3 Å². The molecule has 0 amide bonds. The maximum absolute atomic E-state index is 3.78. The second kappa shape index (κ2) is 15.0. The molecule has 4 heterocycles. The van der Waals surface area contributed by atoms with E-state index in [1.165, 1.54) is 32.4 Å². The van der Waals surface area contributed by atoms with Gasteiger partial charge in [0.05, 0.1) is 6.33 Å². The van der Waals surface area contributed by atoms with Gasteiger partial charge in [-0.3, -0.25) is 4.98 Å². The standard InChI is InChI=1S/C5H11N.C5H5N.C4H5N.C3H4N2/c2*1-2-4-6-5-3-1;1-2-4-5-3-1;1-2-5-3-4-1/h6H,1-5H2;1-5H;1-5H;1-3H,(H,4,5). The summed E-state index contributed by atoms with van der Waals surface area (Å²) in [5, 5.41) is 3.28. The van der Waals surface area contributed by atoms with E-state index >= 15 is 0 Å². The predicted octanol–water partition coefficient (Wildman–Crippen LogP) is 3.27. The highest BCUT2D eigenvalue weighted by Crippen LogP contribution is 1.96. The quantitative estimate of drug-likeness (QED) is 0.597. The van der Waals surface area contributed by atoms with Gasteiger partial charge in [-0.2, -0.15) is 0 Å². The average molecular weight is 299 g/mol. The summed E-state index contributed by atoms with van der Waals surface area (Å²) in [6, 6.07) is 9.60. The van der Waals surface area contributed by atoms with Crippen LogP contribution in [-0.4, -0.2) is 33.0 Å². The smallest absolute Gasteiger partial charge is 0.0919 e. The molecule has 5 heteroatoms. The third kappa shape index (κ3) is 12.6. The topological polar surface area (TPSA) is 69.4 Å². The number of pyridine rings is 1. The van der Waals surface area contributed by atoms with Gasteiger partial charge < -0.3 is 15.3 Å². The summed E-state index contributed by atoms with van der Waals surface area (Å²) in [6.07, 6.45) is 16.5. The lowest BCUT2D eigenvalue weighted by molar-refractivity contribution is 0.520. The van der Waals surface area contributed by atoms with Crippen LogP contribution in [0.15, 0.2) is 73.8 Å². The molecule has 0 aromatic carbocycles. The number of rotatable bonds is 0. The molecule has 3 N–H and O–H groups in total. The number of nitrogens with zero attached hydrogens (tertiary/aromatic N) is 2. The molecule has 1 fully saturated rings. The first kappa shape index (κ1) is 17.7. The fourth-order valence-electron chi connectivity index (χ4n) is 1.61. The van der Waals surface area contributed by atoms with E-state index in [1.807, 2.05) is 42.7 Å². The van der Waals surface area contributed by atoms with Crippen molar-refractivity contribution in [2.45, 2.75) is 19.3 Å². The highest BCUT2D eigenvalue weighted by molar-refractivity contribution is 4.88. The van der Waals surface area contributed by atoms with E-state index < -0.39 is 0 Å². The Morgan fingerprint density at radius 3 is 1.50 bits per heavy atom. The minimum absolute atomic E-state index is 1.25. The first-order valence-electron chi connectivity index (χ1n) is 7.56. The van der Waals surface area contributed by atoms with E-state index in [4.69, 9.17) is 0 Å². The van der Waals surface area contributed by atoms with Crippen LogP contribution in [0.4, 0.5) is 0 Å². The third-order valence-electron chi connectivity index (χ3n) is 2.68. The van der Waals surface area contributed by atoms with E-state index in [0.29, 0.717) is 0 Å². The molecule has 3 aromatic heterocycles. The molecule has 0 aliphatic carbocycles. The molecule has 4 rings (SSSR count). The first-order valence-corrected chi connectivity index (χ1v) is 7.56. The summed E-state index contributed by atoms with van der Waals surface area (Å²) in [7, 11) is 0. The summed E-state index contributed by atoms with van der Waals surface area (Å²) in [6.45, 7) is 2.50. The van der Waals surface area contributed by atoms with Crippen molar-refractivity contribution in [3.8, 4) is 0 Å². The van der Waals surface area contributed by atoms with Crippen LogP contribution in [0, 0.1) is 0 Å². The molecule has 0 spiro atoms. The zero-order valence-corrected chi connectivity index (χ0v) is 12.9. The van der Waals surface area contributed by atoms with Crippen LogP contribution >= 0.6 is 0 Å². The Balaban J connectivity index is 0.000000147. The molecule has 1 saturated heterocycles. The Labute approximate surface area is 132 Å². The molecule has 0 unspecified atom stereocenters. The van der Waals surface area contributed by atoms with Crippen LogP contribution in [0.1, 0.15) is 19.3 Å². The molecule has 0 saturated carbocycles. The van der Waals surface area contributed by atoms with Crippen molar-refractivity contribution in [3.63, 3.8) is 0 Å². The van der Waals surface area contributed by atoms with Crippen LogP contribution in [0.25, 0.3) is 0 Å². The highest BCUT2D eigenvalue weighted by Gasteiger charge is 1.93. The molecule has 1 aliphatic rings. The van der Waals surface area contributed by atoms with Gasteiger partial charge in [-0.1, -0.05) is 12.5 Å². The van der Waals surface area contributed by atoms with Crippen molar-refractivity contribution >= 4 is 0 Å². The molecule has 22 heavy (non-hydrogen) atoms. The largest absolute Gasteiger partial charge is 0.368 e. The Hall–Kier alpha value is -2.40. The zero-order valence-electron chi connectivity index (χ0n) is 12.9. The molecule has 0 atom stereocenters. The number of imidazole rings is 1. The van der Waals surface area contributed by atoms with Crippen molar-refractivity contribution in [2.75, 3.05) is 13.1 Å². The summed E-state index contributed by atoms with van der Waals surface area (Å²) in [4.78, 5) is 13.1. The van der Waals surface area contributed by atoms with Crippen LogP contribution in [0.5, 0.6) is 0 Å². The molecule has 0 bridgehead atoms. The van der Waals surface area contributed by atoms with E-state index in [1.54, 1.807) is 31.1 Å². The van der Waals surface area contributed by atoms with Gasteiger partial charge in [0.2, 0.25) is 0 Å². The molecule has 5 nitrogen and oxygen atoms in total. The van der Waals surface area contributed by atoms with Crippen LogP contribution < -0.4 is 5.32 Å². The summed E-state index contributed by atoms with van der Waals surface area (Å²) in [5.41, 5.74) is 0. The van der Waals surface area contributed by atoms with E-state index in [-0.39, 0.29) is 0 Å². The number of hydrogen-bond donors (Lipinski definition) is 3. The lowest BCUT2D eigenvalue weighted by Gasteiger charge is -2.08. The molecular formula is C17H25N5. The average Bonchev–Trinajstić information content (AvgIpc) is 3.37. The fraction of sp³-hybridized carbons (Fsp3) is 0.294. The Bertz CT molecular complexity index is 376. The Morgan fingerprint density at radius 1 is 0.591 bits per heavy atom. The van der Waals surface area contributed by atoms with Gasteiger partial charge >= 0.3 is 0 Å². The van der Waals surface area contributed by atoms with Gasteiger partial charge in [-0.05, 0) is 50.2 Å². The summed E-state index contributed by atoms with van der Waals surface area (Å²) < 4.78 is 0. The van der Waals surface area contributed by atoms with Crippen molar-refractivity contribution in [1.82, 2.24) is 25.3 Å². The van der Waals surface area contributed by atoms with E-state index in [9.17, 15) is 0 Å². The number of aromatic nitrogens is 4. The predicted molar refractivity (Wildman–Crippen MR) is 90.3 cm³/mol. The van der Waals surface area contributed by atoms with Gasteiger partial charge in [0.1, 0.15) is 0 Å². The number of aromatic amines is 2. The fourth-order valence-corrected chi connectivity index (χ4v) is 1.61. The first-order chi connectivity index (χ1) is 11.0. The lowest BCUT2D eigenvalue weighted by atomic mass is 10.2. The van der Waals surface area contributed by atoms with Crippen LogP contribution in [0.2, 0.25) is 0 Å². The SMILES string of the molecule is C1CCNCC1.c1c[nH]cn1.c1cc[nH]c1.c1ccncc1. The normalized spacial score (nSPS) is 12.4. The highest BCUT2D eigenvalue weighted by atomic mass is 14.9. The molecular weight excluding hydrogens is 274 g/mol. The maximum Gasteiger partial charge on any atom is 0.0919 e.